The number of carbonyl (C=O) groups is 1. The van der Waals surface area contributed by atoms with Crippen LogP contribution in [0.5, 0.6) is 0 Å². The summed E-state index contributed by atoms with van der Waals surface area (Å²) in [4.78, 5) is 11.7. The van der Waals surface area contributed by atoms with Crippen LogP contribution in [0.3, 0.4) is 0 Å². The minimum atomic E-state index is -3.02. The molecule has 0 unspecified atom stereocenters. The van der Waals surface area contributed by atoms with Gasteiger partial charge in [0, 0.05) is 35.8 Å². The van der Waals surface area contributed by atoms with Gasteiger partial charge in [0.1, 0.15) is 5.76 Å². The fraction of sp³-hybridized carbons (Fsp3) is 0.400. The van der Waals surface area contributed by atoms with Crippen molar-refractivity contribution in [3.63, 3.8) is 0 Å². The minimum Gasteiger partial charge on any atom is -0.415 e. The summed E-state index contributed by atoms with van der Waals surface area (Å²) in [6.45, 7) is 3.76. The summed E-state index contributed by atoms with van der Waals surface area (Å²) in [5, 5.41) is 13.3. The largest absolute Gasteiger partial charge is 0.415 e. The number of carbonyl (C=O) groups excluding carboxylic acids is 1. The Labute approximate surface area is 169 Å². The second kappa shape index (κ2) is 7.55. The van der Waals surface area contributed by atoms with Crippen LogP contribution in [0, 0.1) is 0 Å². The van der Waals surface area contributed by atoms with Gasteiger partial charge in [-0.25, -0.2) is 13.2 Å². The summed E-state index contributed by atoms with van der Waals surface area (Å²) in [6, 6.07) is 7.54. The molecule has 0 spiro atoms. The average Bonchev–Trinajstić information content (AvgIpc) is 3.31. The predicted molar refractivity (Wildman–Crippen MR) is 109 cm³/mol. The van der Waals surface area contributed by atoms with Gasteiger partial charge in [0.05, 0.1) is 11.5 Å². The lowest BCUT2D eigenvalue weighted by Crippen LogP contribution is -2.30. The Balaban J connectivity index is 1.36. The normalized spacial score (nSPS) is 19.7. The van der Waals surface area contributed by atoms with Crippen molar-refractivity contribution in [1.82, 2.24) is 15.5 Å². The first-order valence-corrected chi connectivity index (χ1v) is 11.4. The second-order valence-electron chi connectivity index (χ2n) is 7.85. The number of nitrogens with one attached hydrogen (secondary N) is 3. The van der Waals surface area contributed by atoms with Gasteiger partial charge in [0.2, 0.25) is 0 Å². The van der Waals surface area contributed by atoms with Crippen LogP contribution in [0.4, 0.5) is 16.3 Å². The second-order valence-corrected chi connectivity index (χ2v) is 9.91. The predicted octanol–water partition coefficient (Wildman–Crippen LogP) is 3.48. The summed E-state index contributed by atoms with van der Waals surface area (Å²) < 4.78 is 28.9. The molecule has 1 aliphatic carbocycles. The zero-order valence-corrected chi connectivity index (χ0v) is 17.2. The zero-order chi connectivity index (χ0) is 20.6. The van der Waals surface area contributed by atoms with Crippen LogP contribution < -0.4 is 10.6 Å². The van der Waals surface area contributed by atoms with E-state index in [0.717, 1.165) is 28.9 Å². The number of hydrogen-bond acceptors (Lipinski definition) is 6. The number of aromatic nitrogens is 2. The fourth-order valence-electron chi connectivity index (χ4n) is 3.65. The third-order valence-corrected chi connectivity index (χ3v) is 6.48. The van der Waals surface area contributed by atoms with Gasteiger partial charge in [0.15, 0.2) is 15.7 Å². The van der Waals surface area contributed by atoms with E-state index in [0.29, 0.717) is 18.0 Å². The Bertz CT molecular complexity index is 1070. The first kappa shape index (κ1) is 19.5. The number of ether oxygens (including phenoxy) is 1. The van der Waals surface area contributed by atoms with Crippen molar-refractivity contribution in [2.75, 3.05) is 5.32 Å². The van der Waals surface area contributed by atoms with E-state index in [1.807, 2.05) is 44.2 Å². The van der Waals surface area contributed by atoms with Crippen LogP contribution in [0.15, 0.2) is 36.1 Å². The van der Waals surface area contributed by atoms with Gasteiger partial charge in [0.25, 0.3) is 0 Å². The van der Waals surface area contributed by atoms with Crippen molar-refractivity contribution in [2.45, 2.75) is 50.2 Å². The smallest absolute Gasteiger partial charge is 0.412 e. The molecule has 8 nitrogen and oxygen atoms in total. The van der Waals surface area contributed by atoms with Crippen molar-refractivity contribution in [1.29, 1.82) is 0 Å². The molecule has 1 aromatic carbocycles. The molecule has 1 aromatic heterocycles. The number of aromatic amines is 1. The molecular weight excluding hydrogens is 392 g/mol. The number of H-pyrrole nitrogens is 1. The Kier molecular flexibility index (Phi) is 5.08. The Morgan fingerprint density at radius 3 is 2.83 bits per heavy atom. The molecule has 2 aliphatic rings. The van der Waals surface area contributed by atoms with Crippen molar-refractivity contribution < 1.29 is 17.9 Å². The molecule has 1 atom stereocenters. The third-order valence-electron chi connectivity index (χ3n) is 4.97. The van der Waals surface area contributed by atoms with E-state index < -0.39 is 15.9 Å². The molecule has 0 radical (unpaired) electrons. The maximum absolute atomic E-state index is 11.8. The third kappa shape index (κ3) is 4.61. The molecule has 0 saturated heterocycles. The van der Waals surface area contributed by atoms with Crippen LogP contribution in [0.2, 0.25) is 0 Å². The number of amides is 1. The lowest BCUT2D eigenvalue weighted by Gasteiger charge is -2.11. The van der Waals surface area contributed by atoms with Crippen molar-refractivity contribution in [2.24, 2.45) is 0 Å². The highest BCUT2D eigenvalue weighted by Crippen LogP contribution is 2.35. The first-order valence-electron chi connectivity index (χ1n) is 9.59. The molecule has 1 aliphatic heterocycles. The number of allylic oxidation sites excluding steroid dienone is 2. The van der Waals surface area contributed by atoms with Crippen molar-refractivity contribution >= 4 is 27.4 Å². The zero-order valence-electron chi connectivity index (χ0n) is 16.4. The Hall–Kier alpha value is -2.81. The molecule has 9 heteroatoms. The van der Waals surface area contributed by atoms with E-state index in [2.05, 4.69) is 20.8 Å². The highest BCUT2D eigenvalue weighted by molar-refractivity contribution is 7.90. The lowest BCUT2D eigenvalue weighted by molar-refractivity contribution is 0.170. The molecule has 2 heterocycles. The van der Waals surface area contributed by atoms with Gasteiger partial charge in [-0.05, 0) is 49.6 Å². The molecule has 3 N–H and O–H groups in total. The van der Waals surface area contributed by atoms with E-state index in [4.69, 9.17) is 4.74 Å². The number of rotatable bonds is 5. The summed E-state index contributed by atoms with van der Waals surface area (Å²) in [5.74, 6) is 1.70. The molecule has 0 saturated carbocycles. The number of anilines is 2. The quantitative estimate of drug-likeness (QED) is 0.688. The topological polar surface area (TPSA) is 113 Å². The lowest BCUT2D eigenvalue weighted by atomic mass is 10.0. The monoisotopic (exact) mass is 416 g/mol. The van der Waals surface area contributed by atoms with E-state index in [1.165, 1.54) is 0 Å². The molecule has 0 bridgehead atoms. The number of benzene rings is 1. The SMILES string of the molecule is CC(C)NC(=O)OC1=CC[C@@H](c2cc(Nc3ccc4c(c3)CS(=O)(=O)C4)n[nH]2)C1. The maximum Gasteiger partial charge on any atom is 0.412 e. The summed E-state index contributed by atoms with van der Waals surface area (Å²) in [5.41, 5.74) is 3.46. The van der Waals surface area contributed by atoms with Crippen LogP contribution in [0.25, 0.3) is 0 Å². The van der Waals surface area contributed by atoms with E-state index in [1.54, 1.807) is 0 Å². The van der Waals surface area contributed by atoms with E-state index >= 15 is 0 Å². The number of fused-ring (bicyclic) bond motifs is 1. The maximum atomic E-state index is 11.8. The van der Waals surface area contributed by atoms with Gasteiger partial charge >= 0.3 is 6.09 Å². The summed E-state index contributed by atoms with van der Waals surface area (Å²) >= 11 is 0. The summed E-state index contributed by atoms with van der Waals surface area (Å²) in [7, 11) is -3.02. The van der Waals surface area contributed by atoms with Crippen LogP contribution in [-0.2, 0) is 26.1 Å². The molecule has 1 amide bonds. The van der Waals surface area contributed by atoms with Crippen LogP contribution >= 0.6 is 0 Å². The average molecular weight is 417 g/mol. The van der Waals surface area contributed by atoms with Gasteiger partial charge < -0.3 is 15.4 Å². The van der Waals surface area contributed by atoms with Gasteiger partial charge in [-0.1, -0.05) is 6.07 Å². The number of alkyl carbamates (subject to hydrolysis) is 1. The molecule has 29 heavy (non-hydrogen) atoms. The fourth-order valence-corrected chi connectivity index (χ4v) is 5.25. The number of sulfone groups is 1. The van der Waals surface area contributed by atoms with Crippen LogP contribution in [0.1, 0.15) is 49.4 Å². The molecule has 4 rings (SSSR count). The summed E-state index contributed by atoms with van der Waals surface area (Å²) in [6.07, 6.45) is 2.89. The van der Waals surface area contributed by atoms with E-state index in [9.17, 15) is 13.2 Å². The van der Waals surface area contributed by atoms with Gasteiger partial charge in [-0.15, -0.1) is 0 Å². The molecule has 2 aromatic rings. The van der Waals surface area contributed by atoms with E-state index in [-0.39, 0.29) is 23.5 Å². The van der Waals surface area contributed by atoms with Crippen molar-refractivity contribution in [3.8, 4) is 0 Å². The Morgan fingerprint density at radius 2 is 2.03 bits per heavy atom. The number of nitrogens with zero attached hydrogens (tertiary/aromatic N) is 1. The highest BCUT2D eigenvalue weighted by atomic mass is 32.2. The van der Waals surface area contributed by atoms with Gasteiger partial charge in [-0.2, -0.15) is 5.10 Å². The first-order chi connectivity index (χ1) is 13.8. The Morgan fingerprint density at radius 1 is 1.24 bits per heavy atom. The molecular formula is C20H24N4O4S. The molecule has 154 valence electrons. The minimum absolute atomic E-state index is 0.0286. The van der Waals surface area contributed by atoms with Gasteiger partial charge in [-0.3, -0.25) is 5.10 Å². The van der Waals surface area contributed by atoms with Crippen molar-refractivity contribution in [3.05, 3.63) is 52.9 Å². The standard InChI is InChI=1S/C20H24N4O4S/c1-12(2)21-20(25)28-17-6-4-13(8-17)18-9-19(24-23-18)22-16-5-3-14-10-29(26,27)11-15(14)7-16/h3,5-7,9,12-13H,4,8,10-11H2,1-2H3,(H,21,25)(H2,22,23,24)/t13-/m1/s1. The number of hydrogen-bond donors (Lipinski definition) is 3. The molecule has 0 fully saturated rings. The van der Waals surface area contributed by atoms with Crippen LogP contribution in [-0.4, -0.2) is 30.8 Å². The highest BCUT2D eigenvalue weighted by Gasteiger charge is 2.25.